The highest BCUT2D eigenvalue weighted by molar-refractivity contribution is 8.12. The van der Waals surface area contributed by atoms with E-state index in [0.717, 1.165) is 28.4 Å². The SMILES string of the molecule is COC(=O)C1=C(C(=O)OC)S[C@H]2C(=O)N(c3ccccc3)C(=O)[C@H]2S1. The standard InChI is InChI=1S/C16H13NO6S2/c1-22-15(20)11-12(16(21)23-2)25-10-9(24-11)13(18)17(14(10)19)8-6-4-3-5-7-8/h3-7,9-10H,1-2H3/t9-,10+. The van der Waals surface area contributed by atoms with Gasteiger partial charge in [-0.1, -0.05) is 18.2 Å². The Morgan fingerprint density at radius 1 is 0.880 bits per heavy atom. The first-order chi connectivity index (χ1) is 12.0. The van der Waals surface area contributed by atoms with Gasteiger partial charge in [-0.15, -0.1) is 23.5 Å². The lowest BCUT2D eigenvalue weighted by atomic mass is 10.3. The molecule has 1 saturated heterocycles. The molecule has 2 aliphatic heterocycles. The number of ether oxygens (including phenoxy) is 2. The number of amides is 2. The van der Waals surface area contributed by atoms with E-state index in [1.54, 1.807) is 30.3 Å². The molecule has 2 atom stereocenters. The lowest BCUT2D eigenvalue weighted by molar-refractivity contribution is -0.138. The summed E-state index contributed by atoms with van der Waals surface area (Å²) in [6.07, 6.45) is 0. The van der Waals surface area contributed by atoms with E-state index in [4.69, 9.17) is 0 Å². The molecule has 130 valence electrons. The van der Waals surface area contributed by atoms with Crippen molar-refractivity contribution in [1.82, 2.24) is 0 Å². The Hall–Kier alpha value is -2.26. The van der Waals surface area contributed by atoms with Crippen molar-refractivity contribution in [2.75, 3.05) is 19.1 Å². The van der Waals surface area contributed by atoms with Crippen molar-refractivity contribution in [2.45, 2.75) is 10.5 Å². The number of anilines is 1. The van der Waals surface area contributed by atoms with Gasteiger partial charge in [0.15, 0.2) is 0 Å². The Morgan fingerprint density at radius 2 is 1.32 bits per heavy atom. The minimum Gasteiger partial charge on any atom is -0.465 e. The molecule has 1 aromatic carbocycles. The molecule has 25 heavy (non-hydrogen) atoms. The molecule has 0 radical (unpaired) electrons. The Bertz CT molecular complexity index is 745. The van der Waals surface area contributed by atoms with Crippen LogP contribution in [0.4, 0.5) is 5.69 Å². The number of imide groups is 1. The minimum atomic E-state index is -0.805. The number of carbonyl (C=O) groups excluding carboxylic acids is 4. The summed E-state index contributed by atoms with van der Waals surface area (Å²) in [6.45, 7) is 0. The van der Waals surface area contributed by atoms with Crippen LogP contribution in [0.5, 0.6) is 0 Å². The third-order valence-corrected chi connectivity index (χ3v) is 6.62. The third-order valence-electron chi connectivity index (χ3n) is 3.65. The molecular weight excluding hydrogens is 366 g/mol. The molecule has 9 heteroatoms. The first-order valence-corrected chi connectivity index (χ1v) is 8.92. The predicted octanol–water partition coefficient (Wildman–Crippen LogP) is 1.33. The quantitative estimate of drug-likeness (QED) is 0.574. The van der Waals surface area contributed by atoms with Crippen molar-refractivity contribution in [2.24, 2.45) is 0 Å². The molecule has 2 aliphatic rings. The van der Waals surface area contributed by atoms with Crippen molar-refractivity contribution < 1.29 is 28.7 Å². The number of fused-ring (bicyclic) bond motifs is 1. The van der Waals surface area contributed by atoms with Crippen LogP contribution in [-0.2, 0) is 28.7 Å². The van der Waals surface area contributed by atoms with Crippen LogP contribution in [0.15, 0.2) is 40.1 Å². The van der Waals surface area contributed by atoms with E-state index in [0.29, 0.717) is 5.69 Å². The van der Waals surface area contributed by atoms with E-state index < -0.39 is 34.3 Å². The van der Waals surface area contributed by atoms with Crippen LogP contribution in [0.25, 0.3) is 0 Å². The van der Waals surface area contributed by atoms with Gasteiger partial charge in [0, 0.05) is 0 Å². The van der Waals surface area contributed by atoms with Crippen molar-refractivity contribution in [1.29, 1.82) is 0 Å². The molecule has 0 N–H and O–H groups in total. The molecule has 0 saturated carbocycles. The van der Waals surface area contributed by atoms with Gasteiger partial charge in [0.25, 0.3) is 0 Å². The number of rotatable bonds is 3. The van der Waals surface area contributed by atoms with Crippen LogP contribution in [0, 0.1) is 0 Å². The fourth-order valence-corrected chi connectivity index (χ4v) is 5.27. The van der Waals surface area contributed by atoms with Crippen LogP contribution in [0.2, 0.25) is 0 Å². The molecule has 1 aromatic rings. The van der Waals surface area contributed by atoms with Crippen molar-refractivity contribution in [3.8, 4) is 0 Å². The smallest absolute Gasteiger partial charge is 0.345 e. The summed E-state index contributed by atoms with van der Waals surface area (Å²) in [5.41, 5.74) is 0.451. The van der Waals surface area contributed by atoms with Crippen LogP contribution in [-0.4, -0.2) is 48.5 Å². The summed E-state index contributed by atoms with van der Waals surface area (Å²) in [7, 11) is 2.36. The minimum absolute atomic E-state index is 0.0170. The second kappa shape index (κ2) is 6.93. The Morgan fingerprint density at radius 3 is 1.72 bits per heavy atom. The van der Waals surface area contributed by atoms with Crippen LogP contribution >= 0.6 is 23.5 Å². The number of hydrogen-bond donors (Lipinski definition) is 0. The molecule has 0 spiro atoms. The number of carbonyl (C=O) groups is 4. The van der Waals surface area contributed by atoms with Gasteiger partial charge in [0.2, 0.25) is 11.8 Å². The molecule has 2 amide bonds. The summed E-state index contributed by atoms with van der Waals surface area (Å²) in [5, 5.41) is -1.61. The zero-order valence-electron chi connectivity index (χ0n) is 13.3. The second-order valence-electron chi connectivity index (χ2n) is 5.07. The molecule has 3 rings (SSSR count). The number of hydrogen-bond acceptors (Lipinski definition) is 8. The molecule has 2 heterocycles. The first kappa shape index (κ1) is 17.6. The van der Waals surface area contributed by atoms with Crippen LogP contribution in [0.1, 0.15) is 0 Å². The van der Waals surface area contributed by atoms with E-state index in [-0.39, 0.29) is 9.81 Å². The highest BCUT2D eigenvalue weighted by Crippen LogP contribution is 2.48. The monoisotopic (exact) mass is 379 g/mol. The van der Waals surface area contributed by atoms with E-state index >= 15 is 0 Å². The predicted molar refractivity (Wildman–Crippen MR) is 92.8 cm³/mol. The normalized spacial score (nSPS) is 22.7. The third kappa shape index (κ3) is 2.93. The molecule has 0 unspecified atom stereocenters. The first-order valence-electron chi connectivity index (χ1n) is 7.16. The van der Waals surface area contributed by atoms with Gasteiger partial charge in [0.05, 0.1) is 19.9 Å². The summed E-state index contributed by atoms with van der Waals surface area (Å²) >= 11 is 1.74. The molecule has 0 aromatic heterocycles. The number of esters is 2. The van der Waals surface area contributed by atoms with E-state index in [2.05, 4.69) is 9.47 Å². The zero-order chi connectivity index (χ0) is 18.1. The van der Waals surface area contributed by atoms with Gasteiger partial charge in [0.1, 0.15) is 20.3 Å². The Labute approximate surface area is 151 Å². The van der Waals surface area contributed by atoms with Gasteiger partial charge in [-0.3, -0.25) is 9.59 Å². The average molecular weight is 379 g/mol. The fourth-order valence-electron chi connectivity index (χ4n) is 2.51. The van der Waals surface area contributed by atoms with Crippen molar-refractivity contribution >= 4 is 53.0 Å². The molecule has 0 aliphatic carbocycles. The van der Waals surface area contributed by atoms with Crippen molar-refractivity contribution in [3.63, 3.8) is 0 Å². The number of methoxy groups -OCH3 is 2. The Kier molecular flexibility index (Phi) is 4.87. The summed E-state index contributed by atoms with van der Waals surface area (Å²) in [5.74, 6) is -2.34. The number of thioether (sulfide) groups is 2. The maximum Gasteiger partial charge on any atom is 0.345 e. The lowest BCUT2D eigenvalue weighted by Gasteiger charge is -2.23. The molecular formula is C16H13NO6S2. The lowest BCUT2D eigenvalue weighted by Crippen LogP contribution is -2.31. The van der Waals surface area contributed by atoms with Gasteiger partial charge in [-0.2, -0.15) is 0 Å². The summed E-state index contributed by atoms with van der Waals surface area (Å²) in [6, 6.07) is 8.51. The van der Waals surface area contributed by atoms with E-state index in [1.807, 2.05) is 0 Å². The van der Waals surface area contributed by atoms with Crippen LogP contribution < -0.4 is 4.90 Å². The van der Waals surface area contributed by atoms with Gasteiger partial charge < -0.3 is 9.47 Å². The van der Waals surface area contributed by atoms with E-state index in [9.17, 15) is 19.2 Å². The fraction of sp³-hybridized carbons (Fsp3) is 0.250. The largest absolute Gasteiger partial charge is 0.465 e. The topological polar surface area (TPSA) is 90.0 Å². The van der Waals surface area contributed by atoms with Gasteiger partial charge in [-0.25, -0.2) is 14.5 Å². The molecule has 1 fully saturated rings. The Balaban J connectivity index is 1.99. The molecule has 7 nitrogen and oxygen atoms in total. The summed E-state index contributed by atoms with van der Waals surface area (Å²) < 4.78 is 9.38. The average Bonchev–Trinajstić information content (AvgIpc) is 2.90. The maximum atomic E-state index is 12.7. The van der Waals surface area contributed by atoms with Gasteiger partial charge >= 0.3 is 11.9 Å². The highest BCUT2D eigenvalue weighted by Gasteiger charge is 2.54. The van der Waals surface area contributed by atoms with E-state index in [1.165, 1.54) is 14.2 Å². The number of para-hydroxylation sites is 1. The number of benzene rings is 1. The summed E-state index contributed by atoms with van der Waals surface area (Å²) in [4.78, 5) is 50.5. The highest BCUT2D eigenvalue weighted by atomic mass is 32.2. The maximum absolute atomic E-state index is 12.7. The van der Waals surface area contributed by atoms with Gasteiger partial charge in [-0.05, 0) is 12.1 Å². The zero-order valence-corrected chi connectivity index (χ0v) is 14.9. The van der Waals surface area contributed by atoms with Crippen molar-refractivity contribution in [3.05, 3.63) is 40.1 Å². The molecule has 0 bridgehead atoms. The van der Waals surface area contributed by atoms with Crippen LogP contribution in [0.3, 0.4) is 0 Å². The number of nitrogens with zero attached hydrogens (tertiary/aromatic N) is 1. The second-order valence-corrected chi connectivity index (χ2v) is 7.37.